The Bertz CT molecular complexity index is 783. The second-order valence-corrected chi connectivity index (χ2v) is 6.24. The van der Waals surface area contributed by atoms with Crippen LogP contribution in [0.2, 0.25) is 0 Å². The fraction of sp³-hybridized carbons (Fsp3) is 0.500. The van der Waals surface area contributed by atoms with Crippen LogP contribution in [-0.4, -0.2) is 36.0 Å². The first kappa shape index (κ1) is 20.6. The quantitative estimate of drug-likeness (QED) is 0.550. The van der Waals surface area contributed by atoms with Gasteiger partial charge in [0.1, 0.15) is 0 Å². The molecule has 0 saturated carbocycles. The van der Waals surface area contributed by atoms with Crippen LogP contribution in [0.25, 0.3) is 0 Å². The normalized spacial score (nSPS) is 11.4. The molecule has 7 nitrogen and oxygen atoms in total. The fourth-order valence-electron chi connectivity index (χ4n) is 2.85. The lowest BCUT2D eigenvalue weighted by atomic mass is 10.2. The summed E-state index contributed by atoms with van der Waals surface area (Å²) in [6.07, 6.45) is 0. The van der Waals surface area contributed by atoms with E-state index in [-0.39, 0.29) is 0 Å². The topological polar surface area (TPSA) is 72.7 Å². The van der Waals surface area contributed by atoms with Gasteiger partial charge < -0.3 is 20.1 Å². The van der Waals surface area contributed by atoms with E-state index in [4.69, 9.17) is 14.5 Å². The molecule has 0 fully saturated rings. The predicted molar refractivity (Wildman–Crippen MR) is 109 cm³/mol. The number of aromatic nitrogens is 2. The van der Waals surface area contributed by atoms with Crippen LogP contribution in [0.5, 0.6) is 11.5 Å². The minimum atomic E-state index is 0.546. The summed E-state index contributed by atoms with van der Waals surface area (Å²) in [6.45, 7) is 10.7. The molecule has 148 valence electrons. The molecule has 0 spiro atoms. The van der Waals surface area contributed by atoms with Gasteiger partial charge in [0.2, 0.25) is 0 Å². The summed E-state index contributed by atoms with van der Waals surface area (Å²) in [5, 5.41) is 11.1. The van der Waals surface area contributed by atoms with Gasteiger partial charge in [0, 0.05) is 31.4 Å². The van der Waals surface area contributed by atoms with Crippen molar-refractivity contribution >= 4 is 5.96 Å². The van der Waals surface area contributed by atoms with Crippen LogP contribution in [0.4, 0.5) is 0 Å². The van der Waals surface area contributed by atoms with Gasteiger partial charge in [-0.05, 0) is 45.4 Å². The zero-order chi connectivity index (χ0) is 19.8. The Labute approximate surface area is 161 Å². The number of aryl methyl sites for hydroxylation is 2. The van der Waals surface area contributed by atoms with Crippen LogP contribution >= 0.6 is 0 Å². The Balaban J connectivity index is 2.09. The maximum absolute atomic E-state index is 5.64. The smallest absolute Gasteiger partial charge is 0.191 e. The first-order valence-corrected chi connectivity index (χ1v) is 9.31. The molecular weight excluding hydrogens is 342 g/mol. The maximum Gasteiger partial charge on any atom is 0.191 e. The lowest BCUT2D eigenvalue weighted by Gasteiger charge is -2.13. The van der Waals surface area contributed by atoms with Crippen molar-refractivity contribution in [3.05, 3.63) is 40.7 Å². The highest BCUT2D eigenvalue weighted by Gasteiger charge is 2.10. The molecule has 1 aromatic heterocycles. The van der Waals surface area contributed by atoms with E-state index in [1.807, 2.05) is 43.8 Å². The number of aliphatic imine (C=N–C) groups is 1. The van der Waals surface area contributed by atoms with Crippen molar-refractivity contribution in [1.29, 1.82) is 0 Å². The van der Waals surface area contributed by atoms with Gasteiger partial charge in [-0.1, -0.05) is 6.07 Å². The second kappa shape index (κ2) is 9.85. The maximum atomic E-state index is 5.64. The highest BCUT2D eigenvalue weighted by Crippen LogP contribution is 2.28. The van der Waals surface area contributed by atoms with Crippen LogP contribution in [-0.2, 0) is 20.1 Å². The van der Waals surface area contributed by atoms with Gasteiger partial charge in [-0.3, -0.25) is 4.68 Å². The van der Waals surface area contributed by atoms with E-state index < -0.39 is 0 Å². The third-order valence-corrected chi connectivity index (χ3v) is 4.38. The highest BCUT2D eigenvalue weighted by molar-refractivity contribution is 5.79. The first-order chi connectivity index (χ1) is 13.0. The summed E-state index contributed by atoms with van der Waals surface area (Å²) in [6, 6.07) is 5.90. The van der Waals surface area contributed by atoms with E-state index in [0.717, 1.165) is 41.0 Å². The number of nitrogens with zero attached hydrogens (tertiary/aromatic N) is 3. The standard InChI is InChI=1S/C20H31N5O2/c1-7-21-20(23-13-17-14(3)24-25(5)15(17)4)22-12-16-9-10-18(26-6)19(11-16)27-8-2/h9-11H,7-8,12-13H2,1-6H3,(H2,21,22,23). The van der Waals surface area contributed by atoms with Crippen molar-refractivity contribution in [2.45, 2.75) is 40.8 Å². The number of rotatable bonds is 8. The van der Waals surface area contributed by atoms with Crippen LogP contribution in [0.1, 0.15) is 36.4 Å². The SMILES string of the molecule is CCNC(=NCc1ccc(OC)c(OCC)c1)NCc1c(C)nn(C)c1C. The molecule has 2 rings (SSSR count). The van der Waals surface area contributed by atoms with E-state index in [0.29, 0.717) is 19.7 Å². The summed E-state index contributed by atoms with van der Waals surface area (Å²) >= 11 is 0. The zero-order valence-corrected chi connectivity index (χ0v) is 17.2. The number of methoxy groups -OCH3 is 1. The number of nitrogens with one attached hydrogen (secondary N) is 2. The van der Waals surface area contributed by atoms with Gasteiger partial charge in [-0.2, -0.15) is 5.10 Å². The number of guanidine groups is 1. The molecule has 7 heteroatoms. The molecule has 1 aromatic carbocycles. The van der Waals surface area contributed by atoms with E-state index in [1.54, 1.807) is 7.11 Å². The van der Waals surface area contributed by atoms with Crippen LogP contribution in [0, 0.1) is 13.8 Å². The van der Waals surface area contributed by atoms with Gasteiger partial charge in [0.25, 0.3) is 0 Å². The van der Waals surface area contributed by atoms with Gasteiger partial charge in [-0.15, -0.1) is 0 Å². The third-order valence-electron chi connectivity index (χ3n) is 4.38. The zero-order valence-electron chi connectivity index (χ0n) is 17.2. The Morgan fingerprint density at radius 3 is 2.56 bits per heavy atom. The van der Waals surface area contributed by atoms with Gasteiger partial charge in [0.05, 0.1) is 26.0 Å². The van der Waals surface area contributed by atoms with Gasteiger partial charge in [-0.25, -0.2) is 4.99 Å². The van der Waals surface area contributed by atoms with E-state index in [2.05, 4.69) is 29.6 Å². The molecule has 0 atom stereocenters. The van der Waals surface area contributed by atoms with Crippen molar-refractivity contribution in [2.24, 2.45) is 12.0 Å². The Hall–Kier alpha value is -2.70. The Kier molecular flexibility index (Phi) is 7.52. The lowest BCUT2D eigenvalue weighted by Crippen LogP contribution is -2.37. The predicted octanol–water partition coefficient (Wildman–Crippen LogP) is 2.70. The average Bonchev–Trinajstić information content (AvgIpc) is 2.90. The highest BCUT2D eigenvalue weighted by atomic mass is 16.5. The molecule has 1 heterocycles. The molecule has 2 N–H and O–H groups in total. The average molecular weight is 374 g/mol. The molecule has 0 saturated heterocycles. The van der Waals surface area contributed by atoms with Gasteiger partial charge >= 0.3 is 0 Å². The molecular formula is C20H31N5O2. The summed E-state index contributed by atoms with van der Waals surface area (Å²) in [7, 11) is 3.61. The molecule has 0 amide bonds. The van der Waals surface area contributed by atoms with Crippen molar-refractivity contribution in [3.63, 3.8) is 0 Å². The summed E-state index contributed by atoms with van der Waals surface area (Å²) < 4.78 is 12.9. The third kappa shape index (κ3) is 5.39. The first-order valence-electron chi connectivity index (χ1n) is 9.31. The summed E-state index contributed by atoms with van der Waals surface area (Å²) in [5.74, 6) is 2.25. The Morgan fingerprint density at radius 2 is 1.96 bits per heavy atom. The lowest BCUT2D eigenvalue weighted by molar-refractivity contribution is 0.310. The Morgan fingerprint density at radius 1 is 1.19 bits per heavy atom. The molecule has 0 bridgehead atoms. The molecule has 0 unspecified atom stereocenters. The number of ether oxygens (including phenoxy) is 2. The minimum absolute atomic E-state index is 0.546. The van der Waals surface area contributed by atoms with E-state index >= 15 is 0 Å². The minimum Gasteiger partial charge on any atom is -0.493 e. The molecule has 0 aliphatic rings. The number of hydrogen-bond donors (Lipinski definition) is 2. The number of hydrogen-bond acceptors (Lipinski definition) is 4. The molecule has 27 heavy (non-hydrogen) atoms. The van der Waals surface area contributed by atoms with Crippen molar-refractivity contribution < 1.29 is 9.47 Å². The van der Waals surface area contributed by atoms with Crippen molar-refractivity contribution in [1.82, 2.24) is 20.4 Å². The summed E-state index contributed by atoms with van der Waals surface area (Å²) in [5.41, 5.74) is 4.46. The second-order valence-electron chi connectivity index (χ2n) is 6.24. The van der Waals surface area contributed by atoms with Crippen molar-refractivity contribution in [2.75, 3.05) is 20.3 Å². The number of benzene rings is 1. The molecule has 0 radical (unpaired) electrons. The summed E-state index contributed by atoms with van der Waals surface area (Å²) in [4.78, 5) is 4.69. The van der Waals surface area contributed by atoms with E-state index in [1.165, 1.54) is 5.56 Å². The fourth-order valence-corrected chi connectivity index (χ4v) is 2.85. The van der Waals surface area contributed by atoms with Crippen LogP contribution in [0.3, 0.4) is 0 Å². The molecule has 2 aromatic rings. The van der Waals surface area contributed by atoms with Crippen molar-refractivity contribution in [3.8, 4) is 11.5 Å². The monoisotopic (exact) mass is 373 g/mol. The van der Waals surface area contributed by atoms with Crippen LogP contribution < -0.4 is 20.1 Å². The molecule has 0 aliphatic carbocycles. The van der Waals surface area contributed by atoms with Gasteiger partial charge in [0.15, 0.2) is 17.5 Å². The largest absolute Gasteiger partial charge is 0.493 e. The van der Waals surface area contributed by atoms with E-state index in [9.17, 15) is 0 Å². The van der Waals surface area contributed by atoms with Crippen LogP contribution in [0.15, 0.2) is 23.2 Å². The molecule has 0 aliphatic heterocycles.